The highest BCUT2D eigenvalue weighted by atomic mass is 32.2. The van der Waals surface area contributed by atoms with E-state index in [0.717, 1.165) is 12.2 Å². The quantitative estimate of drug-likeness (QED) is 0.867. The topological polar surface area (TPSA) is 76.4 Å². The first-order chi connectivity index (χ1) is 8.00. The Kier molecular flexibility index (Phi) is 3.24. The van der Waals surface area contributed by atoms with Gasteiger partial charge in [0, 0.05) is 12.5 Å². The minimum Gasteiger partial charge on any atom is -0.456 e. The second kappa shape index (κ2) is 4.52. The summed E-state index contributed by atoms with van der Waals surface area (Å²) in [7, 11) is -2.97. The monoisotopic (exact) mass is 257 g/mol. The van der Waals surface area contributed by atoms with Crippen LogP contribution < -0.4 is 5.32 Å². The number of amides is 1. The van der Waals surface area contributed by atoms with Crippen molar-refractivity contribution in [3.63, 3.8) is 0 Å². The molecule has 0 bridgehead atoms. The summed E-state index contributed by atoms with van der Waals surface area (Å²) in [6.45, 7) is 1.93. The van der Waals surface area contributed by atoms with Gasteiger partial charge in [0.05, 0.1) is 11.5 Å². The zero-order valence-electron chi connectivity index (χ0n) is 9.60. The van der Waals surface area contributed by atoms with Crippen LogP contribution in [-0.2, 0) is 16.3 Å². The lowest BCUT2D eigenvalue weighted by atomic mass is 10.2. The van der Waals surface area contributed by atoms with Crippen molar-refractivity contribution in [1.82, 2.24) is 5.32 Å². The van der Waals surface area contributed by atoms with Gasteiger partial charge in [-0.1, -0.05) is 6.92 Å². The Balaban J connectivity index is 1.98. The summed E-state index contributed by atoms with van der Waals surface area (Å²) in [5.74, 6) is 0.822. The van der Waals surface area contributed by atoms with Crippen molar-refractivity contribution in [1.29, 1.82) is 0 Å². The van der Waals surface area contributed by atoms with Gasteiger partial charge in [-0.3, -0.25) is 4.79 Å². The number of nitrogens with one attached hydrogen (secondary N) is 1. The Morgan fingerprint density at radius 1 is 1.53 bits per heavy atom. The van der Waals surface area contributed by atoms with Crippen LogP contribution in [0.5, 0.6) is 0 Å². The van der Waals surface area contributed by atoms with Gasteiger partial charge in [-0.05, 0) is 18.6 Å². The molecule has 0 radical (unpaired) electrons. The Hall–Kier alpha value is -1.30. The lowest BCUT2D eigenvalue weighted by molar-refractivity contribution is 0.0911. The van der Waals surface area contributed by atoms with Crippen LogP contribution >= 0.6 is 0 Å². The van der Waals surface area contributed by atoms with Crippen molar-refractivity contribution in [3.05, 3.63) is 23.7 Å². The van der Waals surface area contributed by atoms with Crippen molar-refractivity contribution in [2.45, 2.75) is 25.8 Å². The highest BCUT2D eigenvalue weighted by molar-refractivity contribution is 7.91. The molecular formula is C11H15NO4S. The normalized spacial score (nSPS) is 22.5. The van der Waals surface area contributed by atoms with Gasteiger partial charge in [0.15, 0.2) is 15.6 Å². The third-order valence-corrected chi connectivity index (χ3v) is 4.57. The molecule has 0 aromatic carbocycles. The molecule has 1 amide bonds. The third-order valence-electron chi connectivity index (χ3n) is 2.80. The number of furan rings is 1. The first-order valence-electron chi connectivity index (χ1n) is 5.60. The van der Waals surface area contributed by atoms with E-state index in [1.165, 1.54) is 0 Å². The Morgan fingerprint density at radius 3 is 2.82 bits per heavy atom. The van der Waals surface area contributed by atoms with E-state index >= 15 is 0 Å². The SMILES string of the molecule is CCc1ccc(C(=O)N[C@H]2CCS(=O)(=O)C2)o1. The number of carbonyl (C=O) groups excluding carboxylic acids is 1. The molecule has 0 saturated carbocycles. The van der Waals surface area contributed by atoms with Crippen LogP contribution in [0.25, 0.3) is 0 Å². The molecule has 0 aliphatic carbocycles. The molecule has 17 heavy (non-hydrogen) atoms. The molecule has 2 heterocycles. The van der Waals surface area contributed by atoms with E-state index in [9.17, 15) is 13.2 Å². The van der Waals surface area contributed by atoms with Gasteiger partial charge < -0.3 is 9.73 Å². The molecule has 0 spiro atoms. The van der Waals surface area contributed by atoms with Gasteiger partial charge in [0.2, 0.25) is 0 Å². The molecule has 1 atom stereocenters. The van der Waals surface area contributed by atoms with E-state index in [-0.39, 0.29) is 29.2 Å². The van der Waals surface area contributed by atoms with Crippen LogP contribution in [0, 0.1) is 0 Å². The fourth-order valence-corrected chi connectivity index (χ4v) is 3.53. The smallest absolute Gasteiger partial charge is 0.287 e. The lowest BCUT2D eigenvalue weighted by Gasteiger charge is -2.08. The number of hydrogen-bond donors (Lipinski definition) is 1. The van der Waals surface area contributed by atoms with Crippen LogP contribution in [0.3, 0.4) is 0 Å². The van der Waals surface area contributed by atoms with E-state index in [0.29, 0.717) is 6.42 Å². The molecule has 2 rings (SSSR count). The second-order valence-corrected chi connectivity index (χ2v) is 6.42. The van der Waals surface area contributed by atoms with Crippen LogP contribution in [0.15, 0.2) is 16.5 Å². The zero-order valence-corrected chi connectivity index (χ0v) is 10.4. The van der Waals surface area contributed by atoms with E-state index in [1.54, 1.807) is 12.1 Å². The standard InChI is InChI=1S/C11H15NO4S/c1-2-9-3-4-10(16-9)11(13)12-8-5-6-17(14,15)7-8/h3-4,8H,2,5-7H2,1H3,(H,12,13)/t8-/m0/s1. The van der Waals surface area contributed by atoms with Crippen LogP contribution in [0.4, 0.5) is 0 Å². The second-order valence-electron chi connectivity index (χ2n) is 4.19. The highest BCUT2D eigenvalue weighted by Crippen LogP contribution is 2.13. The minimum atomic E-state index is -2.97. The van der Waals surface area contributed by atoms with Gasteiger partial charge in [0.1, 0.15) is 5.76 Å². The molecule has 1 aliphatic rings. The average molecular weight is 257 g/mol. The van der Waals surface area contributed by atoms with E-state index in [4.69, 9.17) is 4.42 Å². The fraction of sp³-hybridized carbons (Fsp3) is 0.545. The predicted octanol–water partition coefficient (Wildman–Crippen LogP) is 0.759. The molecule has 94 valence electrons. The lowest BCUT2D eigenvalue weighted by Crippen LogP contribution is -2.35. The summed E-state index contributed by atoms with van der Waals surface area (Å²) < 4.78 is 27.8. The fourth-order valence-electron chi connectivity index (χ4n) is 1.86. The Labute approximate surface area is 100 Å². The first-order valence-corrected chi connectivity index (χ1v) is 7.42. The minimum absolute atomic E-state index is 0.0279. The van der Waals surface area contributed by atoms with Gasteiger partial charge >= 0.3 is 0 Å². The molecular weight excluding hydrogens is 242 g/mol. The number of aryl methyl sites for hydroxylation is 1. The van der Waals surface area contributed by atoms with E-state index in [1.807, 2.05) is 6.92 Å². The van der Waals surface area contributed by atoms with E-state index in [2.05, 4.69) is 5.32 Å². The summed E-state index contributed by atoms with van der Waals surface area (Å²) >= 11 is 0. The molecule has 6 heteroatoms. The van der Waals surface area contributed by atoms with Gasteiger partial charge in [-0.2, -0.15) is 0 Å². The maximum atomic E-state index is 11.7. The zero-order chi connectivity index (χ0) is 12.5. The van der Waals surface area contributed by atoms with Gasteiger partial charge in [-0.25, -0.2) is 8.42 Å². The van der Waals surface area contributed by atoms with Crippen LogP contribution in [0.2, 0.25) is 0 Å². The van der Waals surface area contributed by atoms with Crippen molar-refractivity contribution in [3.8, 4) is 0 Å². The molecule has 1 aromatic heterocycles. The first kappa shape index (κ1) is 12.2. The molecule has 0 unspecified atom stereocenters. The highest BCUT2D eigenvalue weighted by Gasteiger charge is 2.29. The summed E-state index contributed by atoms with van der Waals surface area (Å²) in [5, 5.41) is 2.68. The van der Waals surface area contributed by atoms with Crippen molar-refractivity contribution < 1.29 is 17.6 Å². The summed E-state index contributed by atoms with van der Waals surface area (Å²) in [4.78, 5) is 11.7. The molecule has 5 nitrogen and oxygen atoms in total. The number of hydrogen-bond acceptors (Lipinski definition) is 4. The number of sulfone groups is 1. The van der Waals surface area contributed by atoms with Gasteiger partial charge in [-0.15, -0.1) is 0 Å². The Morgan fingerprint density at radius 2 is 2.29 bits per heavy atom. The van der Waals surface area contributed by atoms with Crippen LogP contribution in [0.1, 0.15) is 29.7 Å². The largest absolute Gasteiger partial charge is 0.456 e. The third kappa shape index (κ3) is 2.88. The van der Waals surface area contributed by atoms with Crippen molar-refractivity contribution in [2.24, 2.45) is 0 Å². The summed E-state index contributed by atoms with van der Waals surface area (Å²) in [5.41, 5.74) is 0. The van der Waals surface area contributed by atoms with Crippen LogP contribution in [-0.4, -0.2) is 31.9 Å². The molecule has 1 N–H and O–H groups in total. The average Bonchev–Trinajstić information content (AvgIpc) is 2.85. The maximum absolute atomic E-state index is 11.7. The Bertz CT molecular complexity index is 517. The van der Waals surface area contributed by atoms with E-state index < -0.39 is 9.84 Å². The maximum Gasteiger partial charge on any atom is 0.287 e. The number of rotatable bonds is 3. The predicted molar refractivity (Wildman–Crippen MR) is 62.6 cm³/mol. The summed E-state index contributed by atoms with van der Waals surface area (Å²) in [6, 6.07) is 3.07. The molecule has 1 aliphatic heterocycles. The molecule has 1 saturated heterocycles. The molecule has 1 aromatic rings. The van der Waals surface area contributed by atoms with Crippen molar-refractivity contribution in [2.75, 3.05) is 11.5 Å². The molecule has 1 fully saturated rings. The van der Waals surface area contributed by atoms with Gasteiger partial charge in [0.25, 0.3) is 5.91 Å². The summed E-state index contributed by atoms with van der Waals surface area (Å²) in [6.07, 6.45) is 1.21. The number of carbonyl (C=O) groups is 1. The van der Waals surface area contributed by atoms with Crippen molar-refractivity contribution >= 4 is 15.7 Å².